The minimum atomic E-state index is -0.133. The highest BCUT2D eigenvalue weighted by atomic mass is 16.3. The minimum Gasteiger partial charge on any atom is -0.459 e. The van der Waals surface area contributed by atoms with Crippen LogP contribution in [-0.4, -0.2) is 35.2 Å². The molecule has 2 N–H and O–H groups in total. The third-order valence-electron chi connectivity index (χ3n) is 4.19. The molecule has 1 aromatic heterocycles. The Morgan fingerprint density at radius 2 is 2.29 bits per heavy atom. The number of hydrogen-bond acceptors (Lipinski definition) is 3. The number of aliphatic hydroxyl groups excluding tert-OH is 1. The molecule has 3 rings (SSSR count). The third kappa shape index (κ3) is 2.61. The number of fused-ring (bicyclic) bond motifs is 1. The summed E-state index contributed by atoms with van der Waals surface area (Å²) in [4.78, 5) is 13.9. The fraction of sp³-hybridized carbons (Fsp3) is 0.438. The summed E-state index contributed by atoms with van der Waals surface area (Å²) in [6, 6.07) is 7.66. The number of furan rings is 1. The fourth-order valence-electron chi connectivity index (χ4n) is 2.94. The lowest BCUT2D eigenvalue weighted by atomic mass is 10.1. The Kier molecular flexibility index (Phi) is 3.84. The number of nitrogens with one attached hydrogen (secondary N) is 1. The number of urea groups is 1. The van der Waals surface area contributed by atoms with Gasteiger partial charge < -0.3 is 19.7 Å². The van der Waals surface area contributed by atoms with E-state index in [4.69, 9.17) is 4.42 Å². The van der Waals surface area contributed by atoms with Gasteiger partial charge in [0.15, 0.2) is 0 Å². The van der Waals surface area contributed by atoms with E-state index in [1.165, 1.54) is 0 Å². The van der Waals surface area contributed by atoms with E-state index in [9.17, 15) is 9.90 Å². The Bertz CT molecular complexity index is 650. The second kappa shape index (κ2) is 5.77. The standard InChI is InChI=1S/C16H20N2O3/c1-11-13-6-2-3-7-14(13)21-15(11)9-17-16(20)18-8-4-5-12(18)10-19/h2-3,6-7,12,19H,4-5,8-10H2,1H3,(H,17,20). The Balaban J connectivity index is 1.69. The molecule has 0 spiro atoms. The van der Waals surface area contributed by atoms with Gasteiger partial charge in [-0.15, -0.1) is 0 Å². The van der Waals surface area contributed by atoms with Crippen LogP contribution in [0.15, 0.2) is 28.7 Å². The molecular weight excluding hydrogens is 268 g/mol. The van der Waals surface area contributed by atoms with Gasteiger partial charge in [0, 0.05) is 17.5 Å². The summed E-state index contributed by atoms with van der Waals surface area (Å²) in [5.41, 5.74) is 1.90. The van der Waals surface area contributed by atoms with Crippen LogP contribution in [-0.2, 0) is 6.54 Å². The molecule has 1 aliphatic rings. The van der Waals surface area contributed by atoms with Crippen LogP contribution < -0.4 is 5.32 Å². The topological polar surface area (TPSA) is 65.7 Å². The molecule has 1 aromatic carbocycles. The summed E-state index contributed by atoms with van der Waals surface area (Å²) >= 11 is 0. The second-order valence-corrected chi connectivity index (χ2v) is 5.48. The summed E-state index contributed by atoms with van der Waals surface area (Å²) in [7, 11) is 0. The highest BCUT2D eigenvalue weighted by molar-refractivity contribution is 5.82. The quantitative estimate of drug-likeness (QED) is 0.911. The average molecular weight is 288 g/mol. The largest absolute Gasteiger partial charge is 0.459 e. The van der Waals surface area contributed by atoms with Crippen LogP contribution in [0.5, 0.6) is 0 Å². The molecule has 2 amide bonds. The first kappa shape index (κ1) is 13.9. The van der Waals surface area contributed by atoms with Gasteiger partial charge in [-0.1, -0.05) is 18.2 Å². The van der Waals surface area contributed by atoms with Gasteiger partial charge in [0.2, 0.25) is 0 Å². The van der Waals surface area contributed by atoms with E-state index in [0.29, 0.717) is 13.1 Å². The Hall–Kier alpha value is -2.01. The van der Waals surface area contributed by atoms with E-state index in [0.717, 1.165) is 35.1 Å². The number of amides is 2. The zero-order valence-corrected chi connectivity index (χ0v) is 12.1. The van der Waals surface area contributed by atoms with Crippen molar-refractivity contribution in [1.29, 1.82) is 0 Å². The average Bonchev–Trinajstić information content (AvgIpc) is 3.10. The molecule has 1 unspecified atom stereocenters. The van der Waals surface area contributed by atoms with Gasteiger partial charge in [0.05, 0.1) is 19.2 Å². The van der Waals surface area contributed by atoms with Gasteiger partial charge in [-0.2, -0.15) is 0 Å². The monoisotopic (exact) mass is 288 g/mol. The van der Waals surface area contributed by atoms with E-state index in [-0.39, 0.29) is 18.7 Å². The lowest BCUT2D eigenvalue weighted by molar-refractivity contribution is 0.156. The lowest BCUT2D eigenvalue weighted by Gasteiger charge is -2.23. The maximum Gasteiger partial charge on any atom is 0.318 e. The molecule has 5 heteroatoms. The lowest BCUT2D eigenvalue weighted by Crippen LogP contribution is -2.43. The van der Waals surface area contributed by atoms with Gasteiger partial charge in [-0.05, 0) is 25.8 Å². The number of rotatable bonds is 3. The molecule has 5 nitrogen and oxygen atoms in total. The highest BCUT2D eigenvalue weighted by Gasteiger charge is 2.28. The molecule has 112 valence electrons. The first-order valence-corrected chi connectivity index (χ1v) is 7.33. The van der Waals surface area contributed by atoms with Gasteiger partial charge in [0.1, 0.15) is 11.3 Å². The van der Waals surface area contributed by atoms with Crippen molar-refractivity contribution in [3.8, 4) is 0 Å². The van der Waals surface area contributed by atoms with Gasteiger partial charge in [0.25, 0.3) is 0 Å². The molecule has 1 fully saturated rings. The van der Waals surface area contributed by atoms with Crippen molar-refractivity contribution >= 4 is 17.0 Å². The van der Waals surface area contributed by atoms with Crippen molar-refractivity contribution in [1.82, 2.24) is 10.2 Å². The van der Waals surface area contributed by atoms with E-state index in [1.807, 2.05) is 31.2 Å². The molecule has 1 aliphatic heterocycles. The first-order chi connectivity index (χ1) is 10.2. The van der Waals surface area contributed by atoms with Gasteiger partial charge in [-0.25, -0.2) is 4.79 Å². The van der Waals surface area contributed by atoms with Gasteiger partial charge >= 0.3 is 6.03 Å². The van der Waals surface area contributed by atoms with E-state index in [2.05, 4.69) is 5.32 Å². The maximum absolute atomic E-state index is 12.2. The molecule has 21 heavy (non-hydrogen) atoms. The summed E-state index contributed by atoms with van der Waals surface area (Å²) in [6.45, 7) is 3.10. The number of carbonyl (C=O) groups is 1. The highest BCUT2D eigenvalue weighted by Crippen LogP contribution is 2.25. The minimum absolute atomic E-state index is 0.0249. The van der Waals surface area contributed by atoms with Crippen molar-refractivity contribution in [3.63, 3.8) is 0 Å². The number of para-hydroxylation sites is 1. The van der Waals surface area contributed by atoms with Crippen molar-refractivity contribution < 1.29 is 14.3 Å². The fourth-order valence-corrected chi connectivity index (χ4v) is 2.94. The molecule has 2 aromatic rings. The molecule has 0 bridgehead atoms. The van der Waals surface area contributed by atoms with Crippen LogP contribution in [0.4, 0.5) is 4.79 Å². The smallest absolute Gasteiger partial charge is 0.318 e. The Morgan fingerprint density at radius 1 is 1.48 bits per heavy atom. The van der Waals surface area contributed by atoms with Crippen LogP contribution in [0, 0.1) is 6.92 Å². The maximum atomic E-state index is 12.2. The van der Waals surface area contributed by atoms with Crippen LogP contribution >= 0.6 is 0 Å². The van der Waals surface area contributed by atoms with Crippen molar-refractivity contribution in [2.45, 2.75) is 32.4 Å². The zero-order valence-electron chi connectivity index (χ0n) is 12.1. The molecule has 1 saturated heterocycles. The molecule has 2 heterocycles. The molecular formula is C16H20N2O3. The van der Waals surface area contributed by atoms with Gasteiger partial charge in [-0.3, -0.25) is 0 Å². The number of benzene rings is 1. The number of carbonyl (C=O) groups excluding carboxylic acids is 1. The van der Waals surface area contributed by atoms with E-state index < -0.39 is 0 Å². The second-order valence-electron chi connectivity index (χ2n) is 5.48. The van der Waals surface area contributed by atoms with Crippen molar-refractivity contribution in [3.05, 3.63) is 35.6 Å². The van der Waals surface area contributed by atoms with Crippen LogP contribution in [0.1, 0.15) is 24.2 Å². The summed E-state index contributed by atoms with van der Waals surface area (Å²) in [6.07, 6.45) is 1.82. The van der Waals surface area contributed by atoms with Crippen LogP contribution in [0.25, 0.3) is 11.0 Å². The summed E-state index contributed by atoms with van der Waals surface area (Å²) < 4.78 is 5.78. The number of likely N-dealkylation sites (tertiary alicyclic amines) is 1. The van der Waals surface area contributed by atoms with Crippen molar-refractivity contribution in [2.75, 3.05) is 13.2 Å². The van der Waals surface area contributed by atoms with Crippen LogP contribution in [0.3, 0.4) is 0 Å². The third-order valence-corrected chi connectivity index (χ3v) is 4.19. The number of aryl methyl sites for hydroxylation is 1. The molecule has 0 radical (unpaired) electrons. The number of aliphatic hydroxyl groups is 1. The number of hydrogen-bond donors (Lipinski definition) is 2. The van der Waals surface area contributed by atoms with E-state index >= 15 is 0 Å². The predicted octanol–water partition coefficient (Wildman–Crippen LogP) is 2.41. The first-order valence-electron chi connectivity index (χ1n) is 7.33. The van der Waals surface area contributed by atoms with E-state index in [1.54, 1.807) is 4.90 Å². The van der Waals surface area contributed by atoms with Crippen molar-refractivity contribution in [2.24, 2.45) is 0 Å². The predicted molar refractivity (Wildman–Crippen MR) is 80.0 cm³/mol. The molecule has 0 aliphatic carbocycles. The normalized spacial score (nSPS) is 18.4. The Morgan fingerprint density at radius 3 is 3.05 bits per heavy atom. The summed E-state index contributed by atoms with van der Waals surface area (Å²) in [5.74, 6) is 0.782. The number of nitrogens with zero attached hydrogens (tertiary/aromatic N) is 1. The summed E-state index contributed by atoms with van der Waals surface area (Å²) in [5, 5.41) is 13.2. The SMILES string of the molecule is Cc1c(CNC(=O)N2CCCC2CO)oc2ccccc12. The molecule has 1 atom stereocenters. The zero-order chi connectivity index (χ0) is 14.8. The van der Waals surface area contributed by atoms with Crippen LogP contribution in [0.2, 0.25) is 0 Å². The molecule has 0 saturated carbocycles. The Labute approximate surface area is 123 Å².